The topological polar surface area (TPSA) is 18.5 Å². The molecule has 1 atom stereocenters. The summed E-state index contributed by atoms with van der Waals surface area (Å²) in [6, 6.07) is 12.1. The van der Waals surface area contributed by atoms with Crippen LogP contribution in [-0.2, 0) is 0 Å². The lowest BCUT2D eigenvalue weighted by molar-refractivity contribution is 0.420. The van der Waals surface area contributed by atoms with Gasteiger partial charge in [-0.2, -0.15) is 0 Å². The summed E-state index contributed by atoms with van der Waals surface area (Å²) in [5, 5.41) is 0. The summed E-state index contributed by atoms with van der Waals surface area (Å²) in [5.74, 6) is 4.03. The van der Waals surface area contributed by atoms with E-state index in [0.717, 1.165) is 35.0 Å². The van der Waals surface area contributed by atoms with Crippen molar-refractivity contribution in [1.82, 2.24) is 0 Å². The van der Waals surface area contributed by atoms with Crippen LogP contribution in [0.1, 0.15) is 37.0 Å². The van der Waals surface area contributed by atoms with E-state index < -0.39 is 0 Å². The Morgan fingerprint density at radius 1 is 0.880 bits per heavy atom. The molecule has 2 heteroatoms. The van der Waals surface area contributed by atoms with Gasteiger partial charge in [-0.3, -0.25) is 0 Å². The van der Waals surface area contributed by atoms with Crippen molar-refractivity contribution in [3.63, 3.8) is 0 Å². The van der Waals surface area contributed by atoms with Gasteiger partial charge < -0.3 is 9.47 Å². The first-order valence-electron chi connectivity index (χ1n) is 8.85. The van der Waals surface area contributed by atoms with Gasteiger partial charge in [-0.1, -0.05) is 24.6 Å². The highest BCUT2D eigenvalue weighted by Gasteiger charge is 2.13. The normalized spacial score (nSPS) is 16.9. The molecule has 0 heterocycles. The Morgan fingerprint density at radius 2 is 1.60 bits per heavy atom. The lowest BCUT2D eigenvalue weighted by Crippen LogP contribution is -2.05. The lowest BCUT2D eigenvalue weighted by atomic mass is 9.94. The van der Waals surface area contributed by atoms with Gasteiger partial charge in [0.15, 0.2) is 0 Å². The number of rotatable bonds is 4. The Labute approximate surface area is 150 Å². The molecule has 1 unspecified atom stereocenters. The van der Waals surface area contributed by atoms with Crippen molar-refractivity contribution in [3.8, 4) is 17.2 Å². The van der Waals surface area contributed by atoms with E-state index in [9.17, 15) is 0 Å². The van der Waals surface area contributed by atoms with Crippen LogP contribution in [0.5, 0.6) is 17.2 Å². The standard InChI is InChI=1S/C23H26O2/c1-15-9-11-20(13-17(15)3)24-22-7-6-8-23(19(22)5)25-21-12-10-16(2)18(4)14-21/h6-9,11-14,16H,10H2,1-5H3. The Hall–Kier alpha value is -2.48. The van der Waals surface area contributed by atoms with Gasteiger partial charge in [0, 0.05) is 5.56 Å². The molecular weight excluding hydrogens is 308 g/mol. The summed E-state index contributed by atoms with van der Waals surface area (Å²) in [7, 11) is 0. The maximum atomic E-state index is 6.13. The number of ether oxygens (including phenoxy) is 2. The zero-order valence-electron chi connectivity index (χ0n) is 15.7. The monoisotopic (exact) mass is 334 g/mol. The van der Waals surface area contributed by atoms with Gasteiger partial charge in [0.2, 0.25) is 0 Å². The molecule has 1 aliphatic rings. The average molecular weight is 334 g/mol. The summed E-state index contributed by atoms with van der Waals surface area (Å²) in [6.45, 7) is 10.6. The van der Waals surface area contributed by atoms with Crippen molar-refractivity contribution < 1.29 is 9.47 Å². The highest BCUT2D eigenvalue weighted by atomic mass is 16.5. The van der Waals surface area contributed by atoms with Crippen LogP contribution in [0.3, 0.4) is 0 Å². The van der Waals surface area contributed by atoms with Crippen LogP contribution in [0.2, 0.25) is 0 Å². The first kappa shape index (κ1) is 17.3. The fourth-order valence-electron chi connectivity index (χ4n) is 2.82. The van der Waals surface area contributed by atoms with Gasteiger partial charge in [0.25, 0.3) is 0 Å². The number of allylic oxidation sites excluding steroid dienone is 3. The maximum Gasteiger partial charge on any atom is 0.134 e. The molecule has 0 amide bonds. The second-order valence-corrected chi connectivity index (χ2v) is 6.96. The van der Waals surface area contributed by atoms with E-state index >= 15 is 0 Å². The van der Waals surface area contributed by atoms with Crippen molar-refractivity contribution in [1.29, 1.82) is 0 Å². The molecule has 0 saturated carbocycles. The Bertz CT molecular complexity index is 843. The van der Waals surface area contributed by atoms with E-state index in [1.54, 1.807) is 0 Å². The van der Waals surface area contributed by atoms with E-state index in [-0.39, 0.29) is 0 Å². The van der Waals surface area contributed by atoms with E-state index in [0.29, 0.717) is 5.92 Å². The third kappa shape index (κ3) is 3.96. The van der Waals surface area contributed by atoms with E-state index in [4.69, 9.17) is 9.47 Å². The van der Waals surface area contributed by atoms with Crippen LogP contribution in [-0.4, -0.2) is 0 Å². The quantitative estimate of drug-likeness (QED) is 0.623. The predicted molar refractivity (Wildman–Crippen MR) is 103 cm³/mol. The molecule has 0 N–H and O–H groups in total. The highest BCUT2D eigenvalue weighted by molar-refractivity contribution is 5.47. The maximum absolute atomic E-state index is 6.13. The summed E-state index contributed by atoms with van der Waals surface area (Å²) in [4.78, 5) is 0. The van der Waals surface area contributed by atoms with Gasteiger partial charge in [-0.25, -0.2) is 0 Å². The molecule has 2 nitrogen and oxygen atoms in total. The van der Waals surface area contributed by atoms with Crippen LogP contribution < -0.4 is 9.47 Å². The van der Waals surface area contributed by atoms with Crippen molar-refractivity contribution in [2.45, 2.75) is 41.0 Å². The van der Waals surface area contributed by atoms with Crippen LogP contribution in [0.4, 0.5) is 0 Å². The molecule has 25 heavy (non-hydrogen) atoms. The summed E-state index contributed by atoms with van der Waals surface area (Å²) in [5.41, 5.74) is 4.86. The molecule has 0 saturated heterocycles. The Balaban J connectivity index is 1.81. The van der Waals surface area contributed by atoms with Gasteiger partial charge >= 0.3 is 0 Å². The second-order valence-electron chi connectivity index (χ2n) is 6.96. The average Bonchev–Trinajstić information content (AvgIpc) is 2.58. The Kier molecular flexibility index (Phi) is 4.98. The van der Waals surface area contributed by atoms with E-state index in [1.165, 1.54) is 16.7 Å². The molecule has 2 aromatic rings. The third-order valence-corrected chi connectivity index (χ3v) is 4.99. The van der Waals surface area contributed by atoms with Crippen molar-refractivity contribution >= 4 is 0 Å². The van der Waals surface area contributed by atoms with Gasteiger partial charge in [-0.05, 0) is 87.6 Å². The minimum Gasteiger partial charge on any atom is -0.457 e. The number of benzene rings is 2. The molecular formula is C23H26O2. The van der Waals surface area contributed by atoms with Crippen LogP contribution in [0, 0.1) is 26.7 Å². The molecule has 0 aliphatic heterocycles. The number of hydrogen-bond donors (Lipinski definition) is 0. The third-order valence-electron chi connectivity index (χ3n) is 4.99. The van der Waals surface area contributed by atoms with Gasteiger partial charge in [-0.15, -0.1) is 0 Å². The fourth-order valence-corrected chi connectivity index (χ4v) is 2.82. The minimum atomic E-state index is 0.591. The molecule has 0 fully saturated rings. The predicted octanol–water partition coefficient (Wildman–Crippen LogP) is 6.65. The first-order valence-corrected chi connectivity index (χ1v) is 8.85. The molecule has 0 spiro atoms. The number of aryl methyl sites for hydroxylation is 2. The molecule has 130 valence electrons. The van der Waals surface area contributed by atoms with E-state index in [1.807, 2.05) is 31.2 Å². The number of hydrogen-bond acceptors (Lipinski definition) is 2. The molecule has 0 radical (unpaired) electrons. The smallest absolute Gasteiger partial charge is 0.134 e. The molecule has 1 aliphatic carbocycles. The Morgan fingerprint density at radius 3 is 2.28 bits per heavy atom. The van der Waals surface area contributed by atoms with Crippen molar-refractivity contribution in [2.24, 2.45) is 5.92 Å². The molecule has 2 aromatic carbocycles. The zero-order chi connectivity index (χ0) is 18.0. The van der Waals surface area contributed by atoms with Gasteiger partial charge in [0.1, 0.15) is 23.0 Å². The van der Waals surface area contributed by atoms with Crippen molar-refractivity contribution in [3.05, 3.63) is 76.6 Å². The summed E-state index contributed by atoms with van der Waals surface area (Å²) < 4.78 is 12.2. The minimum absolute atomic E-state index is 0.591. The molecule has 0 bridgehead atoms. The molecule has 3 rings (SSSR count). The largest absolute Gasteiger partial charge is 0.457 e. The highest BCUT2D eigenvalue weighted by Crippen LogP contribution is 2.34. The van der Waals surface area contributed by atoms with Crippen LogP contribution in [0.25, 0.3) is 0 Å². The summed E-state index contributed by atoms with van der Waals surface area (Å²) in [6.07, 6.45) is 5.31. The second kappa shape index (κ2) is 7.18. The fraction of sp³-hybridized carbons (Fsp3) is 0.304. The van der Waals surface area contributed by atoms with Gasteiger partial charge in [0.05, 0.1) is 0 Å². The molecule has 0 aromatic heterocycles. The van der Waals surface area contributed by atoms with Crippen molar-refractivity contribution in [2.75, 3.05) is 0 Å². The first-order chi connectivity index (χ1) is 11.9. The lowest BCUT2D eigenvalue weighted by Gasteiger charge is -2.19. The van der Waals surface area contributed by atoms with Crippen LogP contribution in [0.15, 0.2) is 59.9 Å². The van der Waals surface area contributed by atoms with Crippen LogP contribution >= 0.6 is 0 Å². The SMILES string of the molecule is CC1=CC(Oc2cccc(Oc3ccc(C)c(C)c3)c2C)=CCC1C. The summed E-state index contributed by atoms with van der Waals surface area (Å²) >= 11 is 0. The zero-order valence-corrected chi connectivity index (χ0v) is 15.7. The van der Waals surface area contributed by atoms with E-state index in [2.05, 4.69) is 52.0 Å².